The summed E-state index contributed by atoms with van der Waals surface area (Å²) in [7, 11) is 4.72. The Kier molecular flexibility index (Phi) is 26.2. The molecular weight excluding hydrogens is 769 g/mol. The number of carbonyl (C=O) groups is 4. The van der Waals surface area contributed by atoms with Gasteiger partial charge in [0.1, 0.15) is 0 Å². The van der Waals surface area contributed by atoms with E-state index < -0.39 is 12.5 Å². The maximum absolute atomic E-state index is 13.8. The Bertz CT molecular complexity index is 1290. The quantitative estimate of drug-likeness (QED) is 0.0507. The van der Waals surface area contributed by atoms with Gasteiger partial charge >= 0.3 is 0 Å². The van der Waals surface area contributed by atoms with Gasteiger partial charge in [0.2, 0.25) is 23.6 Å². The molecule has 0 spiro atoms. The predicted octanol–water partition coefficient (Wildman–Crippen LogP) is 0.361. The van der Waals surface area contributed by atoms with Crippen molar-refractivity contribution in [3.63, 3.8) is 0 Å². The van der Waals surface area contributed by atoms with Crippen LogP contribution >= 0.6 is 6.49 Å². The van der Waals surface area contributed by atoms with E-state index in [9.17, 15) is 24.1 Å². The van der Waals surface area contributed by atoms with Crippen LogP contribution in [-0.2, 0) is 76.9 Å². The lowest BCUT2D eigenvalue weighted by Crippen LogP contribution is -2.54. The van der Waals surface area contributed by atoms with E-state index in [4.69, 9.17) is 44.8 Å². The third-order valence-electron chi connectivity index (χ3n) is 8.72. The lowest BCUT2D eigenvalue weighted by Gasteiger charge is -2.30. The summed E-state index contributed by atoms with van der Waals surface area (Å²) in [6.45, 7) is 2.56. The summed E-state index contributed by atoms with van der Waals surface area (Å²) in [4.78, 5) is 64.5. The molecule has 1 aromatic carbocycles. The Morgan fingerprint density at radius 1 is 0.714 bits per heavy atom. The van der Waals surface area contributed by atoms with E-state index >= 15 is 0 Å². The molecule has 1 aromatic rings. The van der Waals surface area contributed by atoms with Crippen LogP contribution in [0.15, 0.2) is 24.3 Å². The molecule has 1 fully saturated rings. The number of nitrogens with zero attached hydrogens (tertiary/aromatic N) is 1. The van der Waals surface area contributed by atoms with Crippen LogP contribution in [0, 0.1) is 5.92 Å². The second-order valence-corrected chi connectivity index (χ2v) is 17.2. The number of nitrogens with one attached hydrogen (secondary N) is 4. The van der Waals surface area contributed by atoms with Crippen molar-refractivity contribution >= 4 is 41.9 Å². The van der Waals surface area contributed by atoms with Crippen LogP contribution in [-0.4, -0.2) is 166 Å². The smallest absolute Gasteiger partial charge is 0.237 e. The van der Waals surface area contributed by atoms with Crippen molar-refractivity contribution in [1.29, 1.82) is 0 Å². The summed E-state index contributed by atoms with van der Waals surface area (Å²) >= 11 is 5.01. The molecule has 1 saturated carbocycles. The van der Waals surface area contributed by atoms with Crippen molar-refractivity contribution in [1.82, 2.24) is 26.2 Å². The van der Waals surface area contributed by atoms with Gasteiger partial charge in [0.25, 0.3) is 0 Å². The van der Waals surface area contributed by atoms with Crippen molar-refractivity contribution in [2.75, 3.05) is 120 Å². The number of carbonyl (C=O) groups excluding carboxylic acids is 4. The molecule has 0 aliphatic heterocycles. The van der Waals surface area contributed by atoms with E-state index in [2.05, 4.69) is 21.3 Å². The highest BCUT2D eigenvalue weighted by Gasteiger charge is 2.30. The minimum absolute atomic E-state index is 0.0364. The number of methoxy groups -OCH3 is 3. The van der Waals surface area contributed by atoms with Gasteiger partial charge in [-0.05, 0) is 55.0 Å². The van der Waals surface area contributed by atoms with Crippen LogP contribution in [0.4, 0.5) is 0 Å². The average Bonchev–Trinajstić information content (AvgIpc) is 3.16. The van der Waals surface area contributed by atoms with Crippen molar-refractivity contribution in [2.45, 2.75) is 50.8 Å². The maximum atomic E-state index is 13.8. The molecule has 320 valence electrons. The molecule has 2 atom stereocenters. The molecule has 1 aliphatic carbocycles. The Balaban J connectivity index is 2.13. The van der Waals surface area contributed by atoms with Crippen LogP contribution in [0.2, 0.25) is 0 Å². The molecule has 5 N–H and O–H groups in total. The van der Waals surface area contributed by atoms with Gasteiger partial charge in [0, 0.05) is 60.1 Å². The van der Waals surface area contributed by atoms with Crippen molar-refractivity contribution in [3.05, 3.63) is 35.4 Å². The molecular formula is C37H64N5O12PS. The minimum atomic E-state index is -2.75. The monoisotopic (exact) mass is 833 g/mol. The summed E-state index contributed by atoms with van der Waals surface area (Å²) < 4.78 is 37.0. The molecule has 0 heterocycles. The van der Waals surface area contributed by atoms with Crippen LogP contribution in [0.3, 0.4) is 0 Å². The van der Waals surface area contributed by atoms with Crippen LogP contribution in [0.1, 0.15) is 36.8 Å². The highest BCUT2D eigenvalue weighted by atomic mass is 32.5. The predicted molar refractivity (Wildman–Crippen MR) is 214 cm³/mol. The van der Waals surface area contributed by atoms with Gasteiger partial charge in [-0.3, -0.25) is 24.1 Å². The van der Waals surface area contributed by atoms with Crippen LogP contribution in [0.25, 0.3) is 0 Å². The van der Waals surface area contributed by atoms with Gasteiger partial charge in [0.05, 0.1) is 84.7 Å². The maximum Gasteiger partial charge on any atom is 0.237 e. The number of rotatable bonds is 31. The molecule has 0 radical (unpaired) electrons. The number of hydrogen-bond donors (Lipinski definition) is 5. The summed E-state index contributed by atoms with van der Waals surface area (Å²) in [5.74, 6) is -1.30. The van der Waals surface area contributed by atoms with Gasteiger partial charge in [0.15, 0.2) is 6.49 Å². The SMILES string of the molecule is COCCOCCNC(=O)CN(CC(=O)NCCOCCOC)[C@@H](Cc1ccc(CNC(=O)C2CCC(OP(C)(O)=S)CC2)cc1)C(=O)NCCOCCOC. The van der Waals surface area contributed by atoms with E-state index in [-0.39, 0.29) is 94.6 Å². The van der Waals surface area contributed by atoms with Gasteiger partial charge in [-0.25, -0.2) is 0 Å². The van der Waals surface area contributed by atoms with Crippen molar-refractivity contribution in [3.8, 4) is 0 Å². The first kappa shape index (κ1) is 49.5. The third-order valence-corrected chi connectivity index (χ3v) is 9.67. The highest BCUT2D eigenvalue weighted by molar-refractivity contribution is 8.09. The lowest BCUT2D eigenvalue weighted by atomic mass is 9.87. The molecule has 19 heteroatoms. The molecule has 1 aliphatic rings. The lowest BCUT2D eigenvalue weighted by molar-refractivity contribution is -0.132. The Hall–Kier alpha value is -2.61. The summed E-state index contributed by atoms with van der Waals surface area (Å²) in [5, 5.41) is 11.5. The molecule has 1 unspecified atom stereocenters. The van der Waals surface area contributed by atoms with Gasteiger partial charge in [-0.15, -0.1) is 0 Å². The van der Waals surface area contributed by atoms with Crippen molar-refractivity contribution in [2.24, 2.45) is 5.92 Å². The summed E-state index contributed by atoms with van der Waals surface area (Å²) in [6.07, 6.45) is 2.72. The standard InChI is InChI=1S/C37H64N5O12PS/c1-48-19-22-51-16-13-38-34(43)27-42(28-35(44)39-14-17-52-23-20-49-2)33(37(46)40-15-18-53-24-21-50-3)25-29-5-7-30(8-6-29)26-41-36(45)31-9-11-32(12-10-31)54-55(4,47)56/h5-8,31-33H,9-28H2,1-4H3,(H,38,43)(H,39,44)(H,40,46)(H,41,45)(H,47,56)/t31?,32?,33-,55?/m0/s1. The number of amides is 4. The summed E-state index contributed by atoms with van der Waals surface area (Å²) in [5.41, 5.74) is 1.66. The normalized spacial score (nSPS) is 17.2. The van der Waals surface area contributed by atoms with E-state index in [0.717, 1.165) is 11.1 Å². The van der Waals surface area contributed by atoms with E-state index in [1.165, 1.54) is 6.66 Å². The average molecular weight is 834 g/mol. The van der Waals surface area contributed by atoms with Gasteiger partial charge < -0.3 is 59.1 Å². The Labute approximate surface area is 336 Å². The minimum Gasteiger partial charge on any atom is -0.382 e. The fourth-order valence-electron chi connectivity index (χ4n) is 5.82. The molecule has 0 aromatic heterocycles. The van der Waals surface area contributed by atoms with Crippen LogP contribution < -0.4 is 21.3 Å². The van der Waals surface area contributed by atoms with Gasteiger partial charge in [-0.1, -0.05) is 24.3 Å². The number of ether oxygens (including phenoxy) is 6. The Morgan fingerprint density at radius 2 is 1.18 bits per heavy atom. The zero-order valence-corrected chi connectivity index (χ0v) is 35.1. The van der Waals surface area contributed by atoms with E-state index in [1.54, 1.807) is 26.2 Å². The Morgan fingerprint density at radius 3 is 1.64 bits per heavy atom. The second-order valence-electron chi connectivity index (χ2n) is 13.3. The van der Waals surface area contributed by atoms with E-state index in [1.807, 2.05) is 24.3 Å². The zero-order valence-electron chi connectivity index (χ0n) is 33.4. The largest absolute Gasteiger partial charge is 0.382 e. The topological polar surface area (TPSA) is 204 Å². The summed E-state index contributed by atoms with van der Waals surface area (Å²) in [6, 6.07) is 6.60. The number of benzene rings is 1. The highest BCUT2D eigenvalue weighted by Crippen LogP contribution is 2.42. The molecule has 56 heavy (non-hydrogen) atoms. The first-order valence-corrected chi connectivity index (χ1v) is 22.2. The first-order valence-electron chi connectivity index (χ1n) is 19.0. The second kappa shape index (κ2) is 29.6. The molecule has 2 rings (SSSR count). The van der Waals surface area contributed by atoms with Gasteiger partial charge in [-0.2, -0.15) is 0 Å². The molecule has 4 amide bonds. The molecule has 0 bridgehead atoms. The van der Waals surface area contributed by atoms with E-state index in [0.29, 0.717) is 71.9 Å². The zero-order chi connectivity index (χ0) is 41.0. The first-order chi connectivity index (χ1) is 26.9. The van der Waals surface area contributed by atoms with Crippen LogP contribution in [0.5, 0.6) is 0 Å². The molecule has 17 nitrogen and oxygen atoms in total. The fraction of sp³-hybridized carbons (Fsp3) is 0.730. The fourth-order valence-corrected chi connectivity index (χ4v) is 6.95. The third kappa shape index (κ3) is 23.0. The number of hydrogen-bond acceptors (Lipinski definition) is 13. The molecule has 0 saturated heterocycles. The van der Waals surface area contributed by atoms with Crippen molar-refractivity contribution < 1.29 is 57.0 Å².